The van der Waals surface area contributed by atoms with Crippen molar-refractivity contribution in [1.82, 2.24) is 4.98 Å². The zero-order chi connectivity index (χ0) is 9.68. The topological polar surface area (TPSA) is 32.9 Å². The molecule has 0 amide bonds. The van der Waals surface area contributed by atoms with Gasteiger partial charge in [0.1, 0.15) is 0 Å². The van der Waals surface area contributed by atoms with Crippen molar-refractivity contribution in [3.05, 3.63) is 34.2 Å². The van der Waals surface area contributed by atoms with Gasteiger partial charge < -0.3 is 4.98 Å². The third kappa shape index (κ3) is 3.62. The predicted molar refractivity (Wildman–Crippen MR) is 53.4 cm³/mol. The molecule has 68 valence electrons. The van der Waals surface area contributed by atoms with E-state index in [0.29, 0.717) is 11.6 Å². The summed E-state index contributed by atoms with van der Waals surface area (Å²) in [5, 5.41) is 0. The Morgan fingerprint density at radius 2 is 2.23 bits per heavy atom. The highest BCUT2D eigenvalue weighted by atomic mass is 16.1. The molecule has 2 heteroatoms. The first-order chi connectivity index (χ1) is 6.18. The van der Waals surface area contributed by atoms with E-state index in [-0.39, 0.29) is 5.56 Å². The summed E-state index contributed by atoms with van der Waals surface area (Å²) >= 11 is 0. The fourth-order valence-corrected chi connectivity index (χ4v) is 0.871. The maximum Gasteiger partial charge on any atom is 0.248 e. The lowest BCUT2D eigenvalue weighted by atomic mass is 10.1. The highest BCUT2D eigenvalue weighted by molar-refractivity contribution is 5.26. The van der Waals surface area contributed by atoms with Gasteiger partial charge in [-0.1, -0.05) is 25.8 Å². The van der Waals surface area contributed by atoms with Crippen LogP contribution in [0.5, 0.6) is 0 Å². The Hall–Kier alpha value is -1.49. The summed E-state index contributed by atoms with van der Waals surface area (Å²) in [7, 11) is 0. The summed E-state index contributed by atoms with van der Waals surface area (Å²) in [5.41, 5.74) is 0.587. The third-order valence-electron chi connectivity index (χ3n) is 1.50. The van der Waals surface area contributed by atoms with Crippen LogP contribution in [0.15, 0.2) is 23.0 Å². The van der Waals surface area contributed by atoms with E-state index in [2.05, 4.69) is 30.7 Å². The highest BCUT2D eigenvalue weighted by Crippen LogP contribution is 1.96. The first kappa shape index (κ1) is 9.60. The van der Waals surface area contributed by atoms with Crippen LogP contribution in [0.4, 0.5) is 0 Å². The minimum absolute atomic E-state index is 0.101. The zero-order valence-electron chi connectivity index (χ0n) is 7.92. The van der Waals surface area contributed by atoms with Crippen LogP contribution in [0.3, 0.4) is 0 Å². The molecule has 0 aliphatic heterocycles. The van der Waals surface area contributed by atoms with Gasteiger partial charge in [0.2, 0.25) is 5.56 Å². The monoisotopic (exact) mass is 175 g/mol. The molecule has 0 aliphatic carbocycles. The molecular weight excluding hydrogens is 162 g/mol. The second kappa shape index (κ2) is 4.51. The third-order valence-corrected chi connectivity index (χ3v) is 1.50. The van der Waals surface area contributed by atoms with Gasteiger partial charge in [0.15, 0.2) is 0 Å². The van der Waals surface area contributed by atoms with E-state index in [4.69, 9.17) is 0 Å². The van der Waals surface area contributed by atoms with E-state index in [9.17, 15) is 4.79 Å². The van der Waals surface area contributed by atoms with Gasteiger partial charge in [-0.25, -0.2) is 0 Å². The molecule has 1 rings (SSSR count). The van der Waals surface area contributed by atoms with Crippen molar-refractivity contribution in [2.24, 2.45) is 5.92 Å². The summed E-state index contributed by atoms with van der Waals surface area (Å²) in [6.45, 7) is 4.23. The molecule has 0 saturated carbocycles. The van der Waals surface area contributed by atoms with Crippen LogP contribution in [0, 0.1) is 17.8 Å². The van der Waals surface area contributed by atoms with Crippen molar-refractivity contribution in [2.75, 3.05) is 0 Å². The minimum atomic E-state index is -0.101. The van der Waals surface area contributed by atoms with Crippen LogP contribution in [0.2, 0.25) is 0 Å². The summed E-state index contributed by atoms with van der Waals surface area (Å²) in [6, 6.07) is 4.99. The number of pyridine rings is 1. The van der Waals surface area contributed by atoms with Gasteiger partial charge in [-0.15, -0.1) is 0 Å². The van der Waals surface area contributed by atoms with Gasteiger partial charge in [0.05, 0.1) is 5.69 Å². The molecule has 0 bridgehead atoms. The largest absolute Gasteiger partial charge is 0.315 e. The van der Waals surface area contributed by atoms with Crippen molar-refractivity contribution < 1.29 is 0 Å². The average molecular weight is 175 g/mol. The summed E-state index contributed by atoms with van der Waals surface area (Å²) in [4.78, 5) is 13.5. The van der Waals surface area contributed by atoms with Gasteiger partial charge in [-0.3, -0.25) is 4.79 Å². The SMILES string of the molecule is CC(C)CC#Cc1cccc(=O)[nH]1. The van der Waals surface area contributed by atoms with Crippen molar-refractivity contribution in [3.63, 3.8) is 0 Å². The van der Waals surface area contributed by atoms with Gasteiger partial charge in [0, 0.05) is 12.5 Å². The smallest absolute Gasteiger partial charge is 0.248 e. The van der Waals surface area contributed by atoms with E-state index in [1.165, 1.54) is 6.07 Å². The zero-order valence-corrected chi connectivity index (χ0v) is 7.92. The molecule has 1 aromatic heterocycles. The van der Waals surface area contributed by atoms with Gasteiger partial charge >= 0.3 is 0 Å². The molecule has 0 saturated heterocycles. The van der Waals surface area contributed by atoms with Crippen LogP contribution in [0.25, 0.3) is 0 Å². The van der Waals surface area contributed by atoms with Gasteiger partial charge in [-0.2, -0.15) is 0 Å². The first-order valence-corrected chi connectivity index (χ1v) is 4.36. The Morgan fingerprint density at radius 3 is 2.85 bits per heavy atom. The number of aromatic nitrogens is 1. The fraction of sp³-hybridized carbons (Fsp3) is 0.364. The molecule has 0 unspecified atom stereocenters. The van der Waals surface area contributed by atoms with Crippen LogP contribution in [0.1, 0.15) is 26.0 Å². The normalized spacial score (nSPS) is 9.46. The van der Waals surface area contributed by atoms with Gasteiger partial charge in [0.25, 0.3) is 0 Å². The van der Waals surface area contributed by atoms with Crippen LogP contribution in [-0.2, 0) is 0 Å². The molecule has 0 aromatic carbocycles. The predicted octanol–water partition coefficient (Wildman–Crippen LogP) is 1.77. The molecule has 1 heterocycles. The van der Waals surface area contributed by atoms with Crippen LogP contribution >= 0.6 is 0 Å². The van der Waals surface area contributed by atoms with Crippen molar-refractivity contribution in [3.8, 4) is 11.8 Å². The standard InChI is InChI=1S/C11H13NO/c1-9(2)5-3-6-10-7-4-8-11(13)12-10/h4,7-9H,5H2,1-2H3,(H,12,13). The molecule has 0 radical (unpaired) electrons. The van der Waals surface area contributed by atoms with Crippen molar-refractivity contribution in [2.45, 2.75) is 20.3 Å². The summed E-state index contributed by atoms with van der Waals surface area (Å²) in [5.74, 6) is 6.49. The summed E-state index contributed by atoms with van der Waals surface area (Å²) < 4.78 is 0. The molecule has 1 N–H and O–H groups in total. The quantitative estimate of drug-likeness (QED) is 0.648. The van der Waals surface area contributed by atoms with E-state index < -0.39 is 0 Å². The van der Waals surface area contributed by atoms with Crippen molar-refractivity contribution in [1.29, 1.82) is 0 Å². The number of hydrogen-bond acceptors (Lipinski definition) is 1. The van der Waals surface area contributed by atoms with Crippen LogP contribution < -0.4 is 5.56 Å². The minimum Gasteiger partial charge on any atom is -0.315 e. The van der Waals surface area contributed by atoms with E-state index in [1.807, 2.05) is 0 Å². The number of H-pyrrole nitrogens is 1. The molecular formula is C11H13NO. The summed E-state index contributed by atoms with van der Waals surface area (Å²) in [6.07, 6.45) is 0.858. The molecule has 0 aliphatic rings. The Morgan fingerprint density at radius 1 is 1.46 bits per heavy atom. The lowest BCUT2D eigenvalue weighted by Crippen LogP contribution is -2.03. The Balaban J connectivity index is 2.72. The maximum atomic E-state index is 10.9. The van der Waals surface area contributed by atoms with E-state index >= 15 is 0 Å². The van der Waals surface area contributed by atoms with Crippen molar-refractivity contribution >= 4 is 0 Å². The number of nitrogens with one attached hydrogen (secondary N) is 1. The average Bonchev–Trinajstić information content (AvgIpc) is 2.03. The molecule has 1 aromatic rings. The van der Waals surface area contributed by atoms with E-state index in [1.54, 1.807) is 12.1 Å². The Kier molecular flexibility index (Phi) is 3.33. The van der Waals surface area contributed by atoms with Gasteiger partial charge in [-0.05, 0) is 17.9 Å². The molecule has 2 nitrogen and oxygen atoms in total. The lowest BCUT2D eigenvalue weighted by molar-refractivity contribution is 0.676. The molecule has 0 spiro atoms. The Labute approximate surface area is 78.0 Å². The van der Waals surface area contributed by atoms with E-state index in [0.717, 1.165) is 6.42 Å². The lowest BCUT2D eigenvalue weighted by Gasteiger charge is -1.93. The maximum absolute atomic E-state index is 10.9. The number of aromatic amines is 1. The second-order valence-corrected chi connectivity index (χ2v) is 3.33. The first-order valence-electron chi connectivity index (χ1n) is 4.36. The molecule has 13 heavy (non-hydrogen) atoms. The number of rotatable bonds is 1. The Bertz CT molecular complexity index is 379. The molecule has 0 atom stereocenters. The number of hydrogen-bond donors (Lipinski definition) is 1. The van der Waals surface area contributed by atoms with Crippen LogP contribution in [-0.4, -0.2) is 4.98 Å². The highest BCUT2D eigenvalue weighted by Gasteiger charge is 1.88. The fourth-order valence-electron chi connectivity index (χ4n) is 0.871. The second-order valence-electron chi connectivity index (χ2n) is 3.33. The molecule has 0 fully saturated rings.